The number of rotatable bonds is 10. The Morgan fingerprint density at radius 1 is 1.06 bits per heavy atom. The Kier molecular flexibility index (Phi) is 7.76. The highest BCUT2D eigenvalue weighted by Crippen LogP contribution is 2.22. The molecule has 0 aliphatic heterocycles. The molecule has 6 heteroatoms. The second-order valence-electron chi connectivity index (χ2n) is 7.08. The summed E-state index contributed by atoms with van der Waals surface area (Å²) in [5, 5.41) is 4.26. The van der Waals surface area contributed by atoms with Crippen molar-refractivity contribution in [1.82, 2.24) is 15.4 Å². The lowest BCUT2D eigenvalue weighted by Gasteiger charge is -2.08. The number of hydrogen-bond acceptors (Lipinski definition) is 6. The third-order valence-electron chi connectivity index (χ3n) is 4.80. The fourth-order valence-corrected chi connectivity index (χ4v) is 3.02. The van der Waals surface area contributed by atoms with Crippen molar-refractivity contribution in [1.29, 1.82) is 0 Å². The number of methoxy groups -OCH3 is 2. The van der Waals surface area contributed by atoms with Crippen LogP contribution < -0.4 is 14.9 Å². The molecule has 3 aromatic rings. The summed E-state index contributed by atoms with van der Waals surface area (Å²) in [6.07, 6.45) is 8.58. The largest absolute Gasteiger partial charge is 0.497 e. The Labute approximate surface area is 183 Å². The van der Waals surface area contributed by atoms with Crippen LogP contribution >= 0.6 is 0 Å². The molecule has 1 aromatic heterocycles. The van der Waals surface area contributed by atoms with E-state index >= 15 is 0 Å². The zero-order valence-electron chi connectivity index (χ0n) is 18.3. The maximum atomic E-state index is 5.28. The third-order valence-corrected chi connectivity index (χ3v) is 4.80. The molecule has 0 aliphatic carbocycles. The molecule has 3 rings (SSSR count). The van der Waals surface area contributed by atoms with Gasteiger partial charge in [-0.15, -0.1) is 0 Å². The number of aromatic nitrogens is 2. The minimum atomic E-state index is 0.556. The fraction of sp³-hybridized carbons (Fsp3) is 0.240. The molecule has 6 nitrogen and oxygen atoms in total. The van der Waals surface area contributed by atoms with Gasteiger partial charge in [-0.25, -0.2) is 4.98 Å². The zero-order valence-corrected chi connectivity index (χ0v) is 18.3. The van der Waals surface area contributed by atoms with Gasteiger partial charge in [-0.1, -0.05) is 44.2 Å². The van der Waals surface area contributed by atoms with E-state index in [1.54, 1.807) is 38.9 Å². The average molecular weight is 417 g/mol. The zero-order chi connectivity index (χ0) is 22.1. The average Bonchev–Trinajstić information content (AvgIpc) is 2.82. The van der Waals surface area contributed by atoms with Crippen LogP contribution in [0.15, 0.2) is 66.5 Å². The molecule has 0 amide bonds. The molecule has 0 unspecified atom stereocenters. The first-order valence-electron chi connectivity index (χ1n) is 10.3. The third kappa shape index (κ3) is 6.15. The summed E-state index contributed by atoms with van der Waals surface area (Å²) in [5.74, 6) is 1.39. The number of ether oxygens (including phenoxy) is 2. The number of hydrazone groups is 1. The lowest BCUT2D eigenvalue weighted by Crippen LogP contribution is -2.06. The highest BCUT2D eigenvalue weighted by Gasteiger charge is 2.06. The van der Waals surface area contributed by atoms with Crippen molar-refractivity contribution < 1.29 is 9.47 Å². The van der Waals surface area contributed by atoms with Crippen molar-refractivity contribution in [2.45, 2.75) is 26.2 Å². The molecule has 0 aliphatic rings. The summed E-state index contributed by atoms with van der Waals surface area (Å²) in [6.45, 7) is 6.23. The Balaban J connectivity index is 1.68. The molecule has 0 fully saturated rings. The second kappa shape index (κ2) is 10.9. The number of nitrogens with one attached hydrogen (secondary N) is 1. The van der Waals surface area contributed by atoms with Gasteiger partial charge in [0.05, 0.1) is 44.2 Å². The van der Waals surface area contributed by atoms with E-state index in [-0.39, 0.29) is 0 Å². The number of aryl methyl sites for hydroxylation is 1. The Morgan fingerprint density at radius 3 is 2.42 bits per heavy atom. The number of nitrogens with zero attached hydrogens (tertiary/aromatic N) is 3. The summed E-state index contributed by atoms with van der Waals surface area (Å²) in [6, 6.07) is 14.0. The van der Waals surface area contributed by atoms with Crippen molar-refractivity contribution in [3.63, 3.8) is 0 Å². The van der Waals surface area contributed by atoms with Gasteiger partial charge in [0, 0.05) is 17.2 Å². The van der Waals surface area contributed by atoms with Gasteiger partial charge in [0.25, 0.3) is 0 Å². The maximum Gasteiger partial charge on any atom is 0.123 e. The van der Waals surface area contributed by atoms with Crippen molar-refractivity contribution in [2.24, 2.45) is 5.10 Å². The quantitative estimate of drug-likeness (QED) is 0.368. The fourth-order valence-electron chi connectivity index (χ4n) is 3.02. The van der Waals surface area contributed by atoms with E-state index in [1.807, 2.05) is 12.1 Å². The number of benzene rings is 2. The van der Waals surface area contributed by atoms with Crippen LogP contribution in [0.5, 0.6) is 11.5 Å². The summed E-state index contributed by atoms with van der Waals surface area (Å²) >= 11 is 0. The van der Waals surface area contributed by atoms with Crippen LogP contribution in [0, 0.1) is 0 Å². The van der Waals surface area contributed by atoms with Crippen LogP contribution in [-0.2, 0) is 6.42 Å². The van der Waals surface area contributed by atoms with E-state index in [4.69, 9.17) is 9.47 Å². The van der Waals surface area contributed by atoms with Crippen LogP contribution in [-0.4, -0.2) is 30.4 Å². The molecule has 1 heterocycles. The van der Waals surface area contributed by atoms with Crippen molar-refractivity contribution in [3.8, 4) is 22.8 Å². The topological polar surface area (TPSA) is 68.6 Å². The van der Waals surface area contributed by atoms with E-state index < -0.39 is 0 Å². The first kappa shape index (κ1) is 22.0. The summed E-state index contributed by atoms with van der Waals surface area (Å²) in [5.41, 5.74) is 8.10. The molecule has 31 heavy (non-hydrogen) atoms. The minimum Gasteiger partial charge on any atom is -0.497 e. The van der Waals surface area contributed by atoms with E-state index in [9.17, 15) is 0 Å². The lowest BCUT2D eigenvalue weighted by atomic mass is 10.1. The predicted octanol–water partition coefficient (Wildman–Crippen LogP) is 5.10. The highest BCUT2D eigenvalue weighted by atomic mass is 16.5. The van der Waals surface area contributed by atoms with Crippen LogP contribution in [0.4, 0.5) is 0 Å². The van der Waals surface area contributed by atoms with Gasteiger partial charge >= 0.3 is 0 Å². The Hall–Kier alpha value is -3.67. The molecule has 0 saturated carbocycles. The molecular weight excluding hydrogens is 388 g/mol. The molecule has 0 radical (unpaired) electrons. The molecule has 0 spiro atoms. The predicted molar refractivity (Wildman–Crippen MR) is 125 cm³/mol. The van der Waals surface area contributed by atoms with Crippen LogP contribution in [0.2, 0.25) is 0 Å². The van der Waals surface area contributed by atoms with Gasteiger partial charge in [0.2, 0.25) is 0 Å². The van der Waals surface area contributed by atoms with Crippen LogP contribution in [0.1, 0.15) is 36.6 Å². The Morgan fingerprint density at radius 2 is 1.77 bits per heavy atom. The normalized spacial score (nSPS) is 10.8. The maximum absolute atomic E-state index is 5.28. The van der Waals surface area contributed by atoms with Gasteiger partial charge in [-0.05, 0) is 30.5 Å². The van der Waals surface area contributed by atoms with Crippen molar-refractivity contribution >= 4 is 11.9 Å². The lowest BCUT2D eigenvalue weighted by molar-refractivity contribution is 0.394. The standard InChI is InChI=1S/C25H28N4O2/c1-5-6-7-19-8-10-21(11-9-19)25-17-26-16-24(28-25)18(2)29-27-15-20-12-22(30-3)14-23(13-20)31-4/h8-17,29H,2,5-7H2,1,3-4H3/b27-15+. The van der Waals surface area contributed by atoms with E-state index in [0.717, 1.165) is 23.2 Å². The van der Waals surface area contributed by atoms with Crippen molar-refractivity contribution in [2.75, 3.05) is 14.2 Å². The monoisotopic (exact) mass is 416 g/mol. The number of unbranched alkanes of at least 4 members (excludes halogenated alkanes) is 1. The molecule has 1 N–H and O–H groups in total. The van der Waals surface area contributed by atoms with Gasteiger partial charge in [-0.3, -0.25) is 10.4 Å². The second-order valence-corrected chi connectivity index (χ2v) is 7.08. The first-order valence-corrected chi connectivity index (χ1v) is 10.3. The first-order chi connectivity index (χ1) is 15.1. The summed E-state index contributed by atoms with van der Waals surface area (Å²) in [4.78, 5) is 8.99. The van der Waals surface area contributed by atoms with Gasteiger partial charge < -0.3 is 9.47 Å². The summed E-state index contributed by atoms with van der Waals surface area (Å²) in [7, 11) is 3.22. The van der Waals surface area contributed by atoms with Gasteiger partial charge in [-0.2, -0.15) is 5.10 Å². The molecule has 0 bridgehead atoms. The molecule has 2 aromatic carbocycles. The minimum absolute atomic E-state index is 0.556. The highest BCUT2D eigenvalue weighted by molar-refractivity contribution is 5.81. The summed E-state index contributed by atoms with van der Waals surface area (Å²) < 4.78 is 10.6. The molecule has 0 saturated heterocycles. The number of hydrogen-bond donors (Lipinski definition) is 1. The van der Waals surface area contributed by atoms with E-state index in [2.05, 4.69) is 58.3 Å². The SMILES string of the molecule is C=C(N/N=C/c1cc(OC)cc(OC)c1)c1cncc(-c2ccc(CCCC)cc2)n1. The Bertz CT molecular complexity index is 1020. The molecule has 0 atom stereocenters. The van der Waals surface area contributed by atoms with Gasteiger partial charge in [0.15, 0.2) is 0 Å². The van der Waals surface area contributed by atoms with Crippen LogP contribution in [0.25, 0.3) is 17.0 Å². The van der Waals surface area contributed by atoms with E-state index in [1.165, 1.54) is 18.4 Å². The molecular formula is C25H28N4O2. The van der Waals surface area contributed by atoms with Gasteiger partial charge in [0.1, 0.15) is 17.2 Å². The van der Waals surface area contributed by atoms with Crippen molar-refractivity contribution in [3.05, 3.63) is 78.3 Å². The van der Waals surface area contributed by atoms with E-state index in [0.29, 0.717) is 22.9 Å². The van der Waals surface area contributed by atoms with Crippen LogP contribution in [0.3, 0.4) is 0 Å². The smallest absolute Gasteiger partial charge is 0.123 e. The molecule has 160 valence electrons.